The number of aliphatic hydroxyl groups is 1. The average molecular weight is 477 g/mol. The lowest BCUT2D eigenvalue weighted by atomic mass is 9.93. The highest BCUT2D eigenvalue weighted by molar-refractivity contribution is 6.30. The molecule has 1 aliphatic rings. The topological polar surface area (TPSA) is 95.9 Å². The first-order chi connectivity index (χ1) is 16.3. The normalized spacial score (nSPS) is 17.6. The highest BCUT2D eigenvalue weighted by atomic mass is 35.5. The van der Waals surface area contributed by atoms with Crippen molar-refractivity contribution < 1.29 is 24.2 Å². The van der Waals surface area contributed by atoms with E-state index in [4.69, 9.17) is 16.3 Å². The minimum absolute atomic E-state index is 0.188. The van der Waals surface area contributed by atoms with Crippen molar-refractivity contribution >= 4 is 34.8 Å². The number of rotatable bonds is 6. The van der Waals surface area contributed by atoms with E-state index in [-0.39, 0.29) is 11.1 Å². The molecular weight excluding hydrogens is 456 g/mol. The van der Waals surface area contributed by atoms with E-state index in [0.29, 0.717) is 22.0 Å². The molecular formula is C26H21ClN2O5. The molecule has 1 amide bonds. The number of ketones is 2. The zero-order valence-corrected chi connectivity index (χ0v) is 19.0. The fourth-order valence-electron chi connectivity index (χ4n) is 3.58. The second kappa shape index (κ2) is 9.51. The highest BCUT2D eigenvalue weighted by Gasteiger charge is 2.49. The Kier molecular flexibility index (Phi) is 6.49. The number of hydrogen-bond donors (Lipinski definition) is 2. The molecule has 0 saturated heterocycles. The lowest BCUT2D eigenvalue weighted by molar-refractivity contribution is -0.155. The van der Waals surface area contributed by atoms with Gasteiger partial charge in [-0.15, -0.1) is 0 Å². The van der Waals surface area contributed by atoms with Crippen molar-refractivity contribution in [3.8, 4) is 5.75 Å². The Bertz CT molecular complexity index is 1260. The molecule has 0 aromatic heterocycles. The van der Waals surface area contributed by atoms with Crippen molar-refractivity contribution in [3.05, 3.63) is 107 Å². The predicted molar refractivity (Wildman–Crippen MR) is 127 cm³/mol. The molecule has 0 aliphatic carbocycles. The van der Waals surface area contributed by atoms with Gasteiger partial charge in [-0.25, -0.2) is 5.01 Å². The molecule has 0 fully saturated rings. The van der Waals surface area contributed by atoms with Gasteiger partial charge in [0.05, 0.1) is 19.2 Å². The second-order valence-corrected chi connectivity index (χ2v) is 8.13. The maximum atomic E-state index is 13.5. The smallest absolute Gasteiger partial charge is 0.275 e. The zero-order chi connectivity index (χ0) is 24.3. The molecule has 0 saturated carbocycles. The van der Waals surface area contributed by atoms with Crippen LogP contribution >= 0.6 is 11.6 Å². The fourth-order valence-corrected chi connectivity index (χ4v) is 3.70. The van der Waals surface area contributed by atoms with Gasteiger partial charge in [0.2, 0.25) is 11.5 Å². The zero-order valence-electron chi connectivity index (χ0n) is 18.2. The summed E-state index contributed by atoms with van der Waals surface area (Å²) in [5.41, 5.74) is 1.79. The van der Waals surface area contributed by atoms with Crippen molar-refractivity contribution in [2.24, 2.45) is 0 Å². The van der Waals surface area contributed by atoms with Crippen molar-refractivity contribution in [2.45, 2.75) is 12.1 Å². The molecule has 1 heterocycles. The summed E-state index contributed by atoms with van der Waals surface area (Å²) in [5, 5.41) is 12.7. The predicted octanol–water partition coefficient (Wildman–Crippen LogP) is 3.88. The van der Waals surface area contributed by atoms with Gasteiger partial charge in [-0.2, -0.15) is 0 Å². The van der Waals surface area contributed by atoms with E-state index in [1.807, 2.05) is 6.07 Å². The monoisotopic (exact) mass is 476 g/mol. The Morgan fingerprint density at radius 2 is 1.59 bits per heavy atom. The molecule has 1 aliphatic heterocycles. The summed E-state index contributed by atoms with van der Waals surface area (Å²) in [6.45, 7) is 0. The summed E-state index contributed by atoms with van der Waals surface area (Å²) < 4.78 is 5.13. The first-order valence-electron chi connectivity index (χ1n) is 10.4. The van der Waals surface area contributed by atoms with E-state index >= 15 is 0 Å². The van der Waals surface area contributed by atoms with Gasteiger partial charge in [0.15, 0.2) is 5.78 Å². The molecule has 3 aromatic rings. The summed E-state index contributed by atoms with van der Waals surface area (Å²) in [6.07, 6.45) is 0.545. The number of nitrogens with one attached hydrogen (secondary N) is 1. The van der Waals surface area contributed by atoms with Gasteiger partial charge in [0, 0.05) is 22.2 Å². The molecule has 4 rings (SSSR count). The van der Waals surface area contributed by atoms with Crippen molar-refractivity contribution in [1.29, 1.82) is 0 Å². The van der Waals surface area contributed by atoms with E-state index in [1.54, 1.807) is 36.4 Å². The lowest BCUT2D eigenvalue weighted by Gasteiger charge is -2.41. The van der Waals surface area contributed by atoms with E-state index in [0.717, 1.165) is 5.01 Å². The minimum Gasteiger partial charge on any atom is -0.497 e. The van der Waals surface area contributed by atoms with Crippen LogP contribution in [0.3, 0.4) is 0 Å². The van der Waals surface area contributed by atoms with Crippen LogP contribution in [0, 0.1) is 0 Å². The summed E-state index contributed by atoms with van der Waals surface area (Å²) in [4.78, 5) is 39.6. The van der Waals surface area contributed by atoms with Crippen molar-refractivity contribution in [1.82, 2.24) is 10.4 Å². The van der Waals surface area contributed by atoms with Gasteiger partial charge in [0.1, 0.15) is 5.75 Å². The summed E-state index contributed by atoms with van der Waals surface area (Å²) >= 11 is 5.89. The van der Waals surface area contributed by atoms with Crippen LogP contribution in [0.15, 0.2) is 84.9 Å². The number of methoxy groups -OCH3 is 1. The summed E-state index contributed by atoms with van der Waals surface area (Å²) in [6, 6.07) is 21.1. The summed E-state index contributed by atoms with van der Waals surface area (Å²) in [7, 11) is 1.50. The van der Waals surface area contributed by atoms with Crippen molar-refractivity contribution in [3.63, 3.8) is 0 Å². The van der Waals surface area contributed by atoms with Crippen LogP contribution in [-0.4, -0.2) is 40.4 Å². The molecule has 0 radical (unpaired) electrons. The quantitative estimate of drug-likeness (QED) is 0.524. The fraction of sp³-hybridized carbons (Fsp3) is 0.115. The summed E-state index contributed by atoms with van der Waals surface area (Å²) in [5.74, 6) is -1.48. The van der Waals surface area contributed by atoms with Crippen LogP contribution in [0.1, 0.15) is 32.7 Å². The minimum atomic E-state index is -2.45. The molecule has 1 unspecified atom stereocenters. The number of ether oxygens (including phenoxy) is 1. The number of hydrazine groups is 1. The Morgan fingerprint density at radius 1 is 0.971 bits per heavy atom. The largest absolute Gasteiger partial charge is 0.497 e. The van der Waals surface area contributed by atoms with Gasteiger partial charge < -0.3 is 9.84 Å². The molecule has 7 nitrogen and oxygen atoms in total. The molecule has 1 atom stereocenters. The third kappa shape index (κ3) is 4.57. The van der Waals surface area contributed by atoms with Gasteiger partial charge in [-0.3, -0.25) is 19.8 Å². The Labute approximate surface area is 201 Å². The third-order valence-corrected chi connectivity index (χ3v) is 5.72. The number of carbonyl (C=O) groups is 3. The van der Waals surface area contributed by atoms with Crippen LogP contribution in [-0.2, 0) is 4.79 Å². The number of Topliss-reactive ketones (excluding diaryl/α,β-unsaturated/α-hetero) is 1. The van der Waals surface area contributed by atoms with Crippen LogP contribution in [0.25, 0.3) is 5.70 Å². The van der Waals surface area contributed by atoms with E-state index in [1.165, 1.54) is 49.6 Å². The average Bonchev–Trinajstić information content (AvgIpc) is 2.86. The van der Waals surface area contributed by atoms with Crippen LogP contribution < -0.4 is 10.2 Å². The van der Waals surface area contributed by atoms with Crippen LogP contribution in [0.4, 0.5) is 0 Å². The molecule has 172 valence electrons. The number of hydrogen-bond acceptors (Lipinski definition) is 6. The lowest BCUT2D eigenvalue weighted by Crippen LogP contribution is -2.64. The van der Waals surface area contributed by atoms with E-state index in [2.05, 4.69) is 5.43 Å². The van der Waals surface area contributed by atoms with Gasteiger partial charge in [-0.05, 0) is 54.1 Å². The number of nitrogens with zero attached hydrogens (tertiary/aromatic N) is 1. The molecule has 34 heavy (non-hydrogen) atoms. The molecule has 8 heteroatoms. The van der Waals surface area contributed by atoms with E-state index < -0.39 is 29.6 Å². The standard InChI is InChI=1S/C26H21ClN2O5/c1-34-21-13-9-19(10-14-21)25(32)29-26(33,16-23(30)18-7-11-20(27)12-8-18)24(31)15-22(28-29)17-5-3-2-4-6-17/h2-15,28,33H,16H2,1H3. The Morgan fingerprint density at radius 3 is 2.21 bits per heavy atom. The van der Waals surface area contributed by atoms with Gasteiger partial charge in [-0.1, -0.05) is 41.9 Å². The Hall–Kier alpha value is -3.94. The van der Waals surface area contributed by atoms with Crippen LogP contribution in [0.5, 0.6) is 5.75 Å². The first-order valence-corrected chi connectivity index (χ1v) is 10.8. The van der Waals surface area contributed by atoms with Gasteiger partial charge >= 0.3 is 0 Å². The first kappa shape index (κ1) is 23.2. The number of benzene rings is 3. The maximum absolute atomic E-state index is 13.5. The maximum Gasteiger partial charge on any atom is 0.275 e. The SMILES string of the molecule is COc1ccc(C(=O)N2NC(c3ccccc3)=CC(=O)C2(O)CC(=O)c2ccc(Cl)cc2)cc1. The highest BCUT2D eigenvalue weighted by Crippen LogP contribution is 2.30. The van der Waals surface area contributed by atoms with Crippen molar-refractivity contribution in [2.75, 3.05) is 7.11 Å². The molecule has 3 aromatic carbocycles. The molecule has 2 N–H and O–H groups in total. The molecule has 0 spiro atoms. The number of amides is 1. The third-order valence-electron chi connectivity index (χ3n) is 5.47. The Balaban J connectivity index is 1.73. The number of halogens is 1. The number of carbonyl (C=O) groups excluding carboxylic acids is 3. The molecule has 0 bridgehead atoms. The second-order valence-electron chi connectivity index (χ2n) is 7.69. The van der Waals surface area contributed by atoms with Crippen LogP contribution in [0.2, 0.25) is 5.02 Å². The van der Waals surface area contributed by atoms with E-state index in [9.17, 15) is 19.5 Å². The van der Waals surface area contributed by atoms with Gasteiger partial charge in [0.25, 0.3) is 5.91 Å².